The number of methoxy groups -OCH3 is 1. The van der Waals surface area contributed by atoms with Gasteiger partial charge >= 0.3 is 0 Å². The molecule has 5 nitrogen and oxygen atoms in total. The summed E-state index contributed by atoms with van der Waals surface area (Å²) < 4.78 is 5.68. The molecule has 4 aliphatic rings. The van der Waals surface area contributed by atoms with E-state index in [1.165, 1.54) is 18.4 Å². The van der Waals surface area contributed by atoms with Crippen molar-refractivity contribution < 1.29 is 9.57 Å². The van der Waals surface area contributed by atoms with Crippen LogP contribution in [0, 0.1) is 23.2 Å². The summed E-state index contributed by atoms with van der Waals surface area (Å²) in [5.41, 5.74) is 8.76. The number of nitrogens with zero attached hydrogens (tertiary/aromatic N) is 2. The molecule has 3 atom stereocenters. The number of guanidine groups is 1. The minimum atomic E-state index is -0.744. The molecule has 5 heteroatoms. The first-order valence-corrected chi connectivity index (χ1v) is 9.51. The SMILES string of the molecule is COC1CCC2(Cc3ccc(C#CC4CC4)cc3C23N=C(N)N(C)O3)C1. The molecule has 2 fully saturated rings. The summed E-state index contributed by atoms with van der Waals surface area (Å²) in [6.07, 6.45) is 6.66. The van der Waals surface area contributed by atoms with E-state index in [1.54, 1.807) is 12.2 Å². The lowest BCUT2D eigenvalue weighted by molar-refractivity contribution is -0.221. The van der Waals surface area contributed by atoms with Gasteiger partial charge in [-0.05, 0) is 56.2 Å². The summed E-state index contributed by atoms with van der Waals surface area (Å²) in [6, 6.07) is 6.52. The van der Waals surface area contributed by atoms with Crippen molar-refractivity contribution in [2.75, 3.05) is 14.2 Å². The zero-order valence-corrected chi connectivity index (χ0v) is 15.4. The van der Waals surface area contributed by atoms with Gasteiger partial charge in [-0.25, -0.2) is 14.9 Å². The highest BCUT2D eigenvalue weighted by atomic mass is 16.7. The average molecular weight is 351 g/mol. The van der Waals surface area contributed by atoms with Crippen molar-refractivity contribution in [1.29, 1.82) is 0 Å². The number of fused-ring (bicyclic) bond motifs is 3. The molecular weight excluding hydrogens is 326 g/mol. The van der Waals surface area contributed by atoms with E-state index in [1.807, 2.05) is 7.05 Å². The Morgan fingerprint density at radius 1 is 1.35 bits per heavy atom. The van der Waals surface area contributed by atoms with Crippen LogP contribution in [-0.4, -0.2) is 31.3 Å². The number of aliphatic imine (C=N–C) groups is 1. The highest BCUT2D eigenvalue weighted by Gasteiger charge is 2.65. The van der Waals surface area contributed by atoms with Crippen LogP contribution in [0.4, 0.5) is 0 Å². The molecule has 2 spiro atoms. The van der Waals surface area contributed by atoms with Crippen LogP contribution in [0.2, 0.25) is 0 Å². The summed E-state index contributed by atoms with van der Waals surface area (Å²) in [6.45, 7) is 0. The van der Waals surface area contributed by atoms with E-state index in [0.29, 0.717) is 11.9 Å². The van der Waals surface area contributed by atoms with Crippen molar-refractivity contribution >= 4 is 5.96 Å². The van der Waals surface area contributed by atoms with Gasteiger partial charge in [-0.15, -0.1) is 0 Å². The topological polar surface area (TPSA) is 60.1 Å². The van der Waals surface area contributed by atoms with Crippen LogP contribution in [0.15, 0.2) is 23.2 Å². The van der Waals surface area contributed by atoms with Gasteiger partial charge in [-0.3, -0.25) is 0 Å². The number of benzene rings is 1. The van der Waals surface area contributed by atoms with E-state index < -0.39 is 5.72 Å². The Labute approximate surface area is 154 Å². The number of hydroxylamine groups is 2. The molecule has 1 aliphatic heterocycles. The molecule has 3 unspecified atom stereocenters. The third-order valence-electron chi connectivity index (χ3n) is 6.48. The maximum atomic E-state index is 6.37. The first kappa shape index (κ1) is 16.2. The van der Waals surface area contributed by atoms with Crippen LogP contribution >= 0.6 is 0 Å². The van der Waals surface area contributed by atoms with E-state index in [2.05, 4.69) is 30.0 Å². The molecule has 136 valence electrons. The van der Waals surface area contributed by atoms with Gasteiger partial charge in [0.05, 0.1) is 6.10 Å². The van der Waals surface area contributed by atoms with E-state index in [4.69, 9.17) is 20.3 Å². The van der Waals surface area contributed by atoms with Crippen molar-refractivity contribution in [2.24, 2.45) is 22.1 Å². The molecule has 0 radical (unpaired) electrons. The quantitative estimate of drug-likeness (QED) is 0.790. The monoisotopic (exact) mass is 351 g/mol. The number of ether oxygens (including phenoxy) is 1. The molecule has 0 bridgehead atoms. The first-order chi connectivity index (χ1) is 12.6. The van der Waals surface area contributed by atoms with Gasteiger partial charge < -0.3 is 10.5 Å². The van der Waals surface area contributed by atoms with Gasteiger partial charge in [0.2, 0.25) is 11.7 Å². The minimum absolute atomic E-state index is 0.103. The second kappa shape index (κ2) is 5.48. The van der Waals surface area contributed by atoms with Crippen LogP contribution in [0.25, 0.3) is 0 Å². The summed E-state index contributed by atoms with van der Waals surface area (Å²) in [4.78, 5) is 11.3. The van der Waals surface area contributed by atoms with Gasteiger partial charge in [0.25, 0.3) is 0 Å². The Balaban J connectivity index is 1.61. The Morgan fingerprint density at radius 3 is 2.85 bits per heavy atom. The van der Waals surface area contributed by atoms with Crippen LogP contribution in [0.5, 0.6) is 0 Å². The van der Waals surface area contributed by atoms with E-state index in [-0.39, 0.29) is 11.5 Å². The molecule has 0 saturated heterocycles. The van der Waals surface area contributed by atoms with Crippen molar-refractivity contribution in [2.45, 2.75) is 50.4 Å². The summed E-state index contributed by atoms with van der Waals surface area (Å²) >= 11 is 0. The third kappa shape index (κ3) is 2.22. The number of rotatable bonds is 1. The van der Waals surface area contributed by atoms with Gasteiger partial charge in [-0.1, -0.05) is 17.9 Å². The standard InChI is InChI=1S/C21H25N3O2/c1-24-19(22)23-21(26-24)18-11-15(6-5-14-3-4-14)7-8-16(18)12-20(21)10-9-17(13-20)25-2/h7-8,11,14,17H,3-4,9-10,12-13H2,1-2H3,(H2,22,23). The van der Waals surface area contributed by atoms with E-state index in [0.717, 1.165) is 36.8 Å². The number of nitrogens with two attached hydrogens (primary N) is 1. The summed E-state index contributed by atoms with van der Waals surface area (Å²) in [5.74, 6) is 7.72. The van der Waals surface area contributed by atoms with Gasteiger partial charge in [0.15, 0.2) is 0 Å². The summed E-state index contributed by atoms with van der Waals surface area (Å²) in [5, 5.41) is 1.61. The Hall–Kier alpha value is -2.03. The number of hydrogen-bond acceptors (Lipinski definition) is 5. The van der Waals surface area contributed by atoms with E-state index in [9.17, 15) is 0 Å². The Bertz CT molecular complexity index is 851. The van der Waals surface area contributed by atoms with Crippen LogP contribution in [0.3, 0.4) is 0 Å². The predicted molar refractivity (Wildman–Crippen MR) is 99.0 cm³/mol. The van der Waals surface area contributed by atoms with Gasteiger partial charge in [-0.2, -0.15) is 0 Å². The van der Waals surface area contributed by atoms with Crippen LogP contribution < -0.4 is 5.73 Å². The van der Waals surface area contributed by atoms with Crippen molar-refractivity contribution in [3.8, 4) is 11.8 Å². The van der Waals surface area contributed by atoms with Crippen LogP contribution in [-0.2, 0) is 21.7 Å². The minimum Gasteiger partial charge on any atom is -0.381 e. The van der Waals surface area contributed by atoms with Crippen LogP contribution in [0.1, 0.15) is 48.8 Å². The maximum Gasteiger partial charge on any atom is 0.220 e. The smallest absolute Gasteiger partial charge is 0.220 e. The lowest BCUT2D eigenvalue weighted by atomic mass is 9.76. The average Bonchev–Trinajstić information content (AvgIpc) is 3.22. The molecule has 1 aromatic carbocycles. The molecule has 2 N–H and O–H groups in total. The zero-order valence-electron chi connectivity index (χ0n) is 15.4. The van der Waals surface area contributed by atoms with Gasteiger partial charge in [0, 0.05) is 36.6 Å². The molecule has 1 aromatic rings. The van der Waals surface area contributed by atoms with Crippen molar-refractivity contribution in [1.82, 2.24) is 5.06 Å². The Kier molecular flexibility index (Phi) is 3.41. The predicted octanol–water partition coefficient (Wildman–Crippen LogP) is 2.53. The fourth-order valence-electron chi connectivity index (χ4n) is 4.88. The maximum absolute atomic E-state index is 6.37. The molecule has 2 saturated carbocycles. The highest BCUT2D eigenvalue weighted by molar-refractivity contribution is 5.79. The third-order valence-corrected chi connectivity index (χ3v) is 6.48. The van der Waals surface area contributed by atoms with Crippen molar-refractivity contribution in [3.05, 3.63) is 34.9 Å². The molecule has 0 amide bonds. The fraction of sp³-hybridized carbons (Fsp3) is 0.571. The normalized spacial score (nSPS) is 34.9. The lowest BCUT2D eigenvalue weighted by Crippen LogP contribution is -2.42. The molecule has 26 heavy (non-hydrogen) atoms. The second-order valence-electron chi connectivity index (χ2n) is 8.18. The summed E-state index contributed by atoms with van der Waals surface area (Å²) in [7, 11) is 3.63. The fourth-order valence-corrected chi connectivity index (χ4v) is 4.88. The first-order valence-electron chi connectivity index (χ1n) is 9.51. The largest absolute Gasteiger partial charge is 0.381 e. The molecule has 3 aliphatic carbocycles. The molecule has 1 heterocycles. The van der Waals surface area contributed by atoms with Crippen molar-refractivity contribution in [3.63, 3.8) is 0 Å². The zero-order chi connectivity index (χ0) is 17.9. The lowest BCUT2D eigenvalue weighted by Gasteiger charge is -2.38. The highest BCUT2D eigenvalue weighted by Crippen LogP contribution is 2.63. The second-order valence-corrected chi connectivity index (χ2v) is 8.18. The number of hydrogen-bond donors (Lipinski definition) is 1. The Morgan fingerprint density at radius 2 is 2.19 bits per heavy atom. The van der Waals surface area contributed by atoms with E-state index >= 15 is 0 Å². The molecule has 5 rings (SSSR count). The van der Waals surface area contributed by atoms with Gasteiger partial charge in [0.1, 0.15) is 0 Å². The molecule has 0 aromatic heterocycles. The molecular formula is C21H25N3O2.